The van der Waals surface area contributed by atoms with Crippen LogP contribution < -0.4 is 15.1 Å². The highest BCUT2D eigenvalue weighted by atomic mass is 16.2. The summed E-state index contributed by atoms with van der Waals surface area (Å²) in [6, 6.07) is 5.28. The van der Waals surface area contributed by atoms with Crippen molar-refractivity contribution in [3.63, 3.8) is 0 Å². The largest absolute Gasteiger partial charge is 0.358 e. The number of hydrogen-bond donors (Lipinski definition) is 1. The second-order valence-corrected chi connectivity index (χ2v) is 9.24. The second-order valence-electron chi connectivity index (χ2n) is 9.24. The van der Waals surface area contributed by atoms with Crippen molar-refractivity contribution in [1.82, 2.24) is 10.2 Å². The predicted octanol–water partition coefficient (Wildman–Crippen LogP) is 3.10. The van der Waals surface area contributed by atoms with Gasteiger partial charge in [0.2, 0.25) is 11.8 Å². The zero-order chi connectivity index (χ0) is 22.7. The number of amides is 3. The topological polar surface area (TPSA) is 73.0 Å². The van der Waals surface area contributed by atoms with Gasteiger partial charge in [0.05, 0.1) is 11.4 Å². The van der Waals surface area contributed by atoms with Gasteiger partial charge in [-0.2, -0.15) is 0 Å². The molecule has 0 saturated carbocycles. The van der Waals surface area contributed by atoms with Gasteiger partial charge in [-0.3, -0.25) is 19.3 Å². The number of allylic oxidation sites excluding steroid dienone is 1. The van der Waals surface area contributed by atoms with Crippen LogP contribution >= 0.6 is 0 Å². The molecule has 1 aromatic carbocycles. The van der Waals surface area contributed by atoms with E-state index in [1.807, 2.05) is 12.1 Å². The fraction of sp³-hybridized carbons (Fsp3) is 0.560. The van der Waals surface area contributed by atoms with Gasteiger partial charge in [-0.25, -0.2) is 0 Å². The smallest absolute Gasteiger partial charge is 0.253 e. The van der Waals surface area contributed by atoms with Crippen molar-refractivity contribution in [2.75, 3.05) is 43.5 Å². The first-order valence-corrected chi connectivity index (χ1v) is 11.8. The normalized spacial score (nSPS) is 20.2. The number of fused-ring (bicyclic) bond motifs is 3. The van der Waals surface area contributed by atoms with Crippen LogP contribution in [0.5, 0.6) is 0 Å². The van der Waals surface area contributed by atoms with E-state index in [1.165, 1.54) is 23.3 Å². The summed E-state index contributed by atoms with van der Waals surface area (Å²) in [4.78, 5) is 44.0. The molecule has 0 bridgehead atoms. The minimum atomic E-state index is -0.230. The van der Waals surface area contributed by atoms with Crippen molar-refractivity contribution < 1.29 is 14.4 Å². The van der Waals surface area contributed by atoms with Gasteiger partial charge in [0.15, 0.2) is 0 Å². The van der Waals surface area contributed by atoms with Crippen LogP contribution in [0.1, 0.15) is 61.7 Å². The molecule has 1 aromatic rings. The fourth-order valence-electron chi connectivity index (χ4n) is 5.01. The van der Waals surface area contributed by atoms with Gasteiger partial charge in [-0.05, 0) is 69.6 Å². The van der Waals surface area contributed by atoms with E-state index in [0.29, 0.717) is 17.8 Å². The van der Waals surface area contributed by atoms with Crippen molar-refractivity contribution in [3.05, 3.63) is 35.4 Å². The van der Waals surface area contributed by atoms with Crippen LogP contribution in [0.15, 0.2) is 29.8 Å². The summed E-state index contributed by atoms with van der Waals surface area (Å²) >= 11 is 0. The first-order valence-electron chi connectivity index (χ1n) is 11.8. The molecule has 2 heterocycles. The fourth-order valence-corrected chi connectivity index (χ4v) is 5.01. The Morgan fingerprint density at radius 1 is 1.12 bits per heavy atom. The third-order valence-corrected chi connectivity index (χ3v) is 6.74. The Labute approximate surface area is 190 Å². The van der Waals surface area contributed by atoms with E-state index in [1.54, 1.807) is 25.1 Å². The minimum absolute atomic E-state index is 0.0190. The summed E-state index contributed by atoms with van der Waals surface area (Å²) in [7, 11) is 3.42. The zero-order valence-corrected chi connectivity index (χ0v) is 19.2. The van der Waals surface area contributed by atoms with E-state index >= 15 is 0 Å². The van der Waals surface area contributed by atoms with Crippen molar-refractivity contribution in [2.45, 2.75) is 57.4 Å². The summed E-state index contributed by atoms with van der Waals surface area (Å²) in [6.45, 7) is 1.39. The molecule has 3 aliphatic rings. The molecule has 1 atom stereocenters. The van der Waals surface area contributed by atoms with Crippen LogP contribution in [0.3, 0.4) is 0 Å². The Hall–Kier alpha value is -2.83. The van der Waals surface area contributed by atoms with Gasteiger partial charge in [0, 0.05) is 32.7 Å². The van der Waals surface area contributed by atoms with Crippen molar-refractivity contribution >= 4 is 29.1 Å². The lowest BCUT2D eigenvalue weighted by Gasteiger charge is -2.45. The molecule has 0 unspecified atom stereocenters. The average Bonchev–Trinajstić information content (AvgIpc) is 2.81. The standard InChI is InChI=1S/C25H34N4O3/c1-27(2)24(31)19-11-12-20-22(16-19)29(25(32)21-10-6-7-15-28(20)21)17-23(30)26-14-13-18-8-4-3-5-9-18/h8,11-12,16,21H,3-7,9-10,13-15,17H2,1-2H3,(H,26,30)/t21-/m0/s1. The first kappa shape index (κ1) is 22.4. The van der Waals surface area contributed by atoms with Gasteiger partial charge in [-0.1, -0.05) is 11.6 Å². The monoisotopic (exact) mass is 438 g/mol. The lowest BCUT2D eigenvalue weighted by atomic mass is 9.95. The Morgan fingerprint density at radius 2 is 1.97 bits per heavy atom. The molecule has 4 rings (SSSR count). The van der Waals surface area contributed by atoms with Crippen LogP contribution in [-0.2, 0) is 9.59 Å². The van der Waals surface area contributed by atoms with E-state index in [2.05, 4.69) is 16.3 Å². The molecule has 32 heavy (non-hydrogen) atoms. The summed E-state index contributed by atoms with van der Waals surface area (Å²) < 4.78 is 0. The number of carbonyl (C=O) groups excluding carboxylic acids is 3. The molecule has 3 amide bonds. The molecule has 7 heteroatoms. The highest BCUT2D eigenvalue weighted by Gasteiger charge is 2.40. The maximum atomic E-state index is 13.4. The molecule has 0 aromatic heterocycles. The van der Waals surface area contributed by atoms with Gasteiger partial charge in [-0.15, -0.1) is 0 Å². The first-order chi connectivity index (χ1) is 15.5. The molecule has 1 N–H and O–H groups in total. The number of nitrogens with zero attached hydrogens (tertiary/aromatic N) is 3. The molecular formula is C25H34N4O3. The Bertz CT molecular complexity index is 924. The van der Waals surface area contributed by atoms with Crippen LogP contribution in [0.2, 0.25) is 0 Å². The van der Waals surface area contributed by atoms with E-state index in [9.17, 15) is 14.4 Å². The highest BCUT2D eigenvalue weighted by molar-refractivity contribution is 6.09. The Kier molecular flexibility index (Phi) is 6.82. The van der Waals surface area contributed by atoms with Gasteiger partial charge in [0.1, 0.15) is 12.6 Å². The molecule has 172 valence electrons. The number of nitrogens with one attached hydrogen (secondary N) is 1. The molecule has 2 aliphatic heterocycles. The average molecular weight is 439 g/mol. The summed E-state index contributed by atoms with van der Waals surface area (Å²) in [5.41, 5.74) is 3.53. The van der Waals surface area contributed by atoms with Crippen LogP contribution in [0, 0.1) is 0 Å². The minimum Gasteiger partial charge on any atom is -0.358 e. The van der Waals surface area contributed by atoms with Gasteiger partial charge < -0.3 is 15.1 Å². The van der Waals surface area contributed by atoms with E-state index < -0.39 is 0 Å². The number of piperidine rings is 1. The molecule has 0 spiro atoms. The molecular weight excluding hydrogens is 404 g/mol. The Morgan fingerprint density at radius 3 is 2.72 bits per heavy atom. The van der Waals surface area contributed by atoms with Gasteiger partial charge in [0.25, 0.3) is 5.91 Å². The maximum Gasteiger partial charge on any atom is 0.253 e. The quantitative estimate of drug-likeness (QED) is 0.693. The van der Waals surface area contributed by atoms with Crippen molar-refractivity contribution in [1.29, 1.82) is 0 Å². The number of carbonyl (C=O) groups is 3. The third kappa shape index (κ3) is 4.66. The lowest BCUT2D eigenvalue weighted by Crippen LogP contribution is -2.57. The third-order valence-electron chi connectivity index (χ3n) is 6.74. The molecule has 1 fully saturated rings. The number of benzene rings is 1. The van der Waals surface area contributed by atoms with Gasteiger partial charge >= 0.3 is 0 Å². The van der Waals surface area contributed by atoms with E-state index in [-0.39, 0.29) is 30.3 Å². The van der Waals surface area contributed by atoms with Crippen LogP contribution in [0.4, 0.5) is 11.4 Å². The number of rotatable bonds is 6. The number of hydrogen-bond acceptors (Lipinski definition) is 4. The number of anilines is 2. The summed E-state index contributed by atoms with van der Waals surface area (Å²) in [5.74, 6) is -0.322. The zero-order valence-electron chi connectivity index (χ0n) is 19.2. The molecule has 1 saturated heterocycles. The summed E-state index contributed by atoms with van der Waals surface area (Å²) in [5, 5.41) is 2.99. The molecule has 7 nitrogen and oxygen atoms in total. The van der Waals surface area contributed by atoms with Crippen LogP contribution in [0.25, 0.3) is 0 Å². The summed E-state index contributed by atoms with van der Waals surface area (Å²) in [6.07, 6.45) is 10.7. The lowest BCUT2D eigenvalue weighted by molar-refractivity contribution is -0.124. The predicted molar refractivity (Wildman–Crippen MR) is 126 cm³/mol. The maximum absolute atomic E-state index is 13.4. The van der Waals surface area contributed by atoms with E-state index in [4.69, 9.17) is 0 Å². The van der Waals surface area contributed by atoms with E-state index in [0.717, 1.165) is 50.8 Å². The van der Waals surface area contributed by atoms with Crippen molar-refractivity contribution in [3.8, 4) is 0 Å². The van der Waals surface area contributed by atoms with Crippen LogP contribution in [-0.4, -0.2) is 62.4 Å². The van der Waals surface area contributed by atoms with Crippen molar-refractivity contribution in [2.24, 2.45) is 0 Å². The molecule has 1 aliphatic carbocycles. The molecule has 0 radical (unpaired) electrons. The highest BCUT2D eigenvalue weighted by Crippen LogP contribution is 2.40. The Balaban J connectivity index is 1.52. The SMILES string of the molecule is CN(C)C(=O)c1ccc2c(c1)N(CC(=O)NCCC1=CCCCC1)C(=O)[C@@H]1CCCCN21. The second kappa shape index (κ2) is 9.76.